The third kappa shape index (κ3) is 2.84. The van der Waals surface area contributed by atoms with E-state index >= 15 is 0 Å². The summed E-state index contributed by atoms with van der Waals surface area (Å²) < 4.78 is 0. The first-order chi connectivity index (χ1) is 8.16. The van der Waals surface area contributed by atoms with Gasteiger partial charge in [-0.2, -0.15) is 0 Å². The minimum absolute atomic E-state index is 0.223. The zero-order valence-electron chi connectivity index (χ0n) is 9.94. The molecule has 1 aromatic rings. The predicted molar refractivity (Wildman–Crippen MR) is 68.0 cm³/mol. The molecule has 2 nitrogen and oxygen atoms in total. The van der Waals surface area contributed by atoms with Crippen LogP contribution >= 0.6 is 0 Å². The Morgan fingerprint density at radius 1 is 1.41 bits per heavy atom. The number of hydrogen-bond acceptors (Lipinski definition) is 2. The summed E-state index contributed by atoms with van der Waals surface area (Å²) >= 11 is 0. The Morgan fingerprint density at radius 3 is 2.88 bits per heavy atom. The topological polar surface area (TPSA) is 37.3 Å². The maximum atomic E-state index is 11.8. The van der Waals surface area contributed by atoms with E-state index in [0.717, 1.165) is 29.5 Å². The van der Waals surface area contributed by atoms with E-state index < -0.39 is 0 Å². The van der Waals surface area contributed by atoms with Crippen molar-refractivity contribution < 1.29 is 9.90 Å². The van der Waals surface area contributed by atoms with Gasteiger partial charge in [-0.15, -0.1) is 0 Å². The van der Waals surface area contributed by atoms with E-state index in [1.165, 1.54) is 0 Å². The van der Waals surface area contributed by atoms with Crippen LogP contribution in [-0.4, -0.2) is 10.9 Å². The van der Waals surface area contributed by atoms with Gasteiger partial charge in [-0.05, 0) is 42.5 Å². The van der Waals surface area contributed by atoms with Gasteiger partial charge in [0.25, 0.3) is 0 Å². The van der Waals surface area contributed by atoms with E-state index in [4.69, 9.17) is 0 Å². The van der Waals surface area contributed by atoms with E-state index in [-0.39, 0.29) is 5.78 Å². The molecule has 17 heavy (non-hydrogen) atoms. The number of phenols is 1. The predicted octanol–water partition coefficient (Wildman–Crippen LogP) is 3.09. The SMILES string of the molecule is Cc1cc(CCC(=O)C2=CC=CC2)ccc1O. The van der Waals surface area contributed by atoms with Crippen LogP contribution in [-0.2, 0) is 11.2 Å². The van der Waals surface area contributed by atoms with Crippen molar-refractivity contribution in [2.75, 3.05) is 0 Å². The number of ketones is 1. The quantitative estimate of drug-likeness (QED) is 0.859. The minimum atomic E-state index is 0.223. The van der Waals surface area contributed by atoms with Crippen LogP contribution in [0, 0.1) is 6.92 Å². The monoisotopic (exact) mass is 228 g/mol. The molecule has 0 atom stereocenters. The summed E-state index contributed by atoms with van der Waals surface area (Å²) in [4.78, 5) is 11.8. The van der Waals surface area contributed by atoms with Crippen LogP contribution in [0.15, 0.2) is 42.0 Å². The summed E-state index contributed by atoms with van der Waals surface area (Å²) in [6.45, 7) is 1.87. The maximum absolute atomic E-state index is 11.8. The summed E-state index contributed by atoms with van der Waals surface area (Å²) in [5.74, 6) is 0.531. The third-order valence-corrected chi connectivity index (χ3v) is 3.03. The van der Waals surface area contributed by atoms with E-state index in [1.807, 2.05) is 37.3 Å². The van der Waals surface area contributed by atoms with Gasteiger partial charge >= 0.3 is 0 Å². The normalized spacial score (nSPS) is 13.8. The van der Waals surface area contributed by atoms with Crippen molar-refractivity contribution in [3.05, 3.63) is 53.1 Å². The van der Waals surface area contributed by atoms with E-state index in [1.54, 1.807) is 6.07 Å². The Labute approximate surface area is 101 Å². The lowest BCUT2D eigenvalue weighted by molar-refractivity contribution is -0.115. The van der Waals surface area contributed by atoms with Crippen molar-refractivity contribution >= 4 is 5.78 Å². The number of carbonyl (C=O) groups excluding carboxylic acids is 1. The summed E-state index contributed by atoms with van der Waals surface area (Å²) in [5, 5.41) is 9.41. The van der Waals surface area contributed by atoms with Crippen LogP contribution in [0.2, 0.25) is 0 Å². The molecular weight excluding hydrogens is 212 g/mol. The van der Waals surface area contributed by atoms with Crippen LogP contribution in [0.4, 0.5) is 0 Å². The molecule has 0 unspecified atom stereocenters. The van der Waals surface area contributed by atoms with Crippen LogP contribution in [0.1, 0.15) is 24.0 Å². The Bertz CT molecular complexity index is 496. The van der Waals surface area contributed by atoms with Gasteiger partial charge < -0.3 is 5.11 Å². The Hall–Kier alpha value is -1.83. The molecule has 0 fully saturated rings. The van der Waals surface area contributed by atoms with Crippen molar-refractivity contribution in [1.82, 2.24) is 0 Å². The van der Waals surface area contributed by atoms with Gasteiger partial charge in [-0.3, -0.25) is 4.79 Å². The molecule has 0 radical (unpaired) electrons. The van der Waals surface area contributed by atoms with Gasteiger partial charge in [0.15, 0.2) is 5.78 Å². The van der Waals surface area contributed by atoms with Gasteiger partial charge in [0.2, 0.25) is 0 Å². The number of carbonyl (C=O) groups is 1. The molecule has 0 amide bonds. The lowest BCUT2D eigenvalue weighted by atomic mass is 10.0. The fourth-order valence-corrected chi connectivity index (χ4v) is 1.95. The second-order valence-corrected chi connectivity index (χ2v) is 4.37. The first kappa shape index (κ1) is 11.6. The summed E-state index contributed by atoms with van der Waals surface area (Å²) in [7, 11) is 0. The Kier molecular flexibility index (Phi) is 3.43. The number of benzene rings is 1. The zero-order valence-corrected chi connectivity index (χ0v) is 9.94. The van der Waals surface area contributed by atoms with Gasteiger partial charge in [-0.1, -0.05) is 30.4 Å². The van der Waals surface area contributed by atoms with Crippen LogP contribution < -0.4 is 0 Å². The highest BCUT2D eigenvalue weighted by Crippen LogP contribution is 2.19. The van der Waals surface area contributed by atoms with E-state index in [2.05, 4.69) is 0 Å². The number of hydrogen-bond donors (Lipinski definition) is 1. The molecule has 2 rings (SSSR count). The molecule has 2 heteroatoms. The Morgan fingerprint density at radius 2 is 2.24 bits per heavy atom. The molecule has 0 spiro atoms. The number of Topliss-reactive ketones (excluding diaryl/α,β-unsaturated/α-hetero) is 1. The first-order valence-corrected chi connectivity index (χ1v) is 5.84. The standard InChI is InChI=1S/C15H16O2/c1-11-10-12(6-8-14(11)16)7-9-15(17)13-4-2-3-5-13/h2-4,6,8,10,16H,5,7,9H2,1H3. The maximum Gasteiger partial charge on any atom is 0.159 e. The second kappa shape index (κ2) is 5.00. The molecule has 0 heterocycles. The molecule has 1 aliphatic rings. The van der Waals surface area contributed by atoms with Crippen LogP contribution in [0.25, 0.3) is 0 Å². The average molecular weight is 228 g/mol. The average Bonchev–Trinajstić information content (AvgIpc) is 2.84. The molecule has 1 N–H and O–H groups in total. The number of aromatic hydroxyl groups is 1. The number of allylic oxidation sites excluding steroid dienone is 4. The molecule has 0 bridgehead atoms. The molecule has 0 saturated carbocycles. The highest BCUT2D eigenvalue weighted by atomic mass is 16.3. The van der Waals surface area contributed by atoms with E-state index in [9.17, 15) is 9.90 Å². The number of rotatable bonds is 4. The number of phenolic OH excluding ortho intramolecular Hbond substituents is 1. The summed E-state index contributed by atoms with van der Waals surface area (Å²) in [5.41, 5.74) is 2.86. The molecule has 0 aromatic heterocycles. The molecule has 1 aromatic carbocycles. The smallest absolute Gasteiger partial charge is 0.159 e. The summed E-state index contributed by atoms with van der Waals surface area (Å²) in [6.07, 6.45) is 7.86. The largest absolute Gasteiger partial charge is 0.508 e. The van der Waals surface area contributed by atoms with Crippen molar-refractivity contribution in [2.24, 2.45) is 0 Å². The van der Waals surface area contributed by atoms with Gasteiger partial charge in [0.1, 0.15) is 5.75 Å². The molecule has 0 saturated heterocycles. The van der Waals surface area contributed by atoms with Gasteiger partial charge in [0, 0.05) is 6.42 Å². The summed E-state index contributed by atoms with van der Waals surface area (Å²) in [6, 6.07) is 5.49. The second-order valence-electron chi connectivity index (χ2n) is 4.37. The first-order valence-electron chi connectivity index (χ1n) is 5.84. The van der Waals surface area contributed by atoms with Crippen molar-refractivity contribution in [1.29, 1.82) is 0 Å². The van der Waals surface area contributed by atoms with Crippen LogP contribution in [0.3, 0.4) is 0 Å². The molecule has 1 aliphatic carbocycles. The third-order valence-electron chi connectivity index (χ3n) is 3.03. The van der Waals surface area contributed by atoms with E-state index in [0.29, 0.717) is 12.2 Å². The lowest BCUT2D eigenvalue weighted by Crippen LogP contribution is -2.02. The highest BCUT2D eigenvalue weighted by Gasteiger charge is 2.10. The lowest BCUT2D eigenvalue weighted by Gasteiger charge is -2.04. The van der Waals surface area contributed by atoms with Gasteiger partial charge in [-0.25, -0.2) is 0 Å². The van der Waals surface area contributed by atoms with Gasteiger partial charge in [0.05, 0.1) is 0 Å². The zero-order chi connectivity index (χ0) is 12.3. The number of aryl methyl sites for hydroxylation is 2. The van der Waals surface area contributed by atoms with Crippen molar-refractivity contribution in [3.8, 4) is 5.75 Å². The fourth-order valence-electron chi connectivity index (χ4n) is 1.95. The molecule has 88 valence electrons. The molecular formula is C15H16O2. The fraction of sp³-hybridized carbons (Fsp3) is 0.267. The molecule has 0 aliphatic heterocycles. The van der Waals surface area contributed by atoms with Crippen molar-refractivity contribution in [3.63, 3.8) is 0 Å². The minimum Gasteiger partial charge on any atom is -0.508 e. The van der Waals surface area contributed by atoms with Crippen molar-refractivity contribution in [2.45, 2.75) is 26.2 Å². The Balaban J connectivity index is 1.93. The van der Waals surface area contributed by atoms with Crippen LogP contribution in [0.5, 0.6) is 5.75 Å². The highest BCUT2D eigenvalue weighted by molar-refractivity contribution is 5.96.